The number of nitrogens with one attached hydrogen (secondary N) is 1. The number of fused-ring (bicyclic) bond motifs is 1. The molecule has 0 saturated carbocycles. The first-order valence-corrected chi connectivity index (χ1v) is 11.0. The summed E-state index contributed by atoms with van der Waals surface area (Å²) in [5, 5.41) is 4.10. The number of aryl methyl sites for hydroxylation is 1. The molecule has 5 nitrogen and oxygen atoms in total. The Hall–Kier alpha value is -3.15. The van der Waals surface area contributed by atoms with Crippen LogP contribution in [-0.2, 0) is 13.0 Å². The number of aromatic nitrogens is 2. The van der Waals surface area contributed by atoms with Crippen molar-refractivity contribution in [3.8, 4) is 0 Å². The van der Waals surface area contributed by atoms with Crippen molar-refractivity contribution in [1.82, 2.24) is 14.9 Å². The number of carbonyl (C=O) groups excluding carboxylic acids is 2. The minimum atomic E-state index is -0.145. The number of rotatable bonds is 8. The van der Waals surface area contributed by atoms with Crippen LogP contribution in [0.1, 0.15) is 33.0 Å². The van der Waals surface area contributed by atoms with E-state index in [2.05, 4.69) is 5.32 Å². The molecule has 0 aliphatic rings. The summed E-state index contributed by atoms with van der Waals surface area (Å²) in [5.41, 5.74) is 2.93. The predicted octanol–water partition coefficient (Wildman–Crippen LogP) is 5.59. The quantitative estimate of drug-likeness (QED) is 0.272. The van der Waals surface area contributed by atoms with Crippen molar-refractivity contribution in [3.63, 3.8) is 0 Å². The van der Waals surface area contributed by atoms with Crippen LogP contribution in [0.3, 0.4) is 0 Å². The number of Topliss-reactive ketones (excluding diaryl/α,β-unsaturated/α-hetero) is 1. The monoisotopic (exact) mass is 465 g/mol. The summed E-state index contributed by atoms with van der Waals surface area (Å²) in [7, 11) is 0. The highest BCUT2D eigenvalue weighted by atomic mass is 35.5. The van der Waals surface area contributed by atoms with Gasteiger partial charge in [-0.1, -0.05) is 35.3 Å². The van der Waals surface area contributed by atoms with E-state index in [0.717, 1.165) is 16.9 Å². The molecule has 1 amide bonds. The summed E-state index contributed by atoms with van der Waals surface area (Å²) in [6, 6.07) is 21.4. The number of halogens is 2. The molecule has 162 valence electrons. The molecule has 0 saturated heterocycles. The topological polar surface area (TPSA) is 64.0 Å². The molecular formula is C25H21Cl2N3O2. The van der Waals surface area contributed by atoms with Crippen LogP contribution in [0.4, 0.5) is 0 Å². The lowest BCUT2D eigenvalue weighted by molar-refractivity contribution is 0.0951. The summed E-state index contributed by atoms with van der Waals surface area (Å²) >= 11 is 11.8. The average molecular weight is 466 g/mol. The van der Waals surface area contributed by atoms with E-state index in [-0.39, 0.29) is 18.2 Å². The fourth-order valence-corrected chi connectivity index (χ4v) is 3.77. The van der Waals surface area contributed by atoms with Crippen molar-refractivity contribution in [2.45, 2.75) is 19.4 Å². The second kappa shape index (κ2) is 9.98. The highest BCUT2D eigenvalue weighted by Crippen LogP contribution is 2.19. The van der Waals surface area contributed by atoms with E-state index in [4.69, 9.17) is 28.2 Å². The number of amides is 1. The smallest absolute Gasteiger partial charge is 0.251 e. The van der Waals surface area contributed by atoms with Gasteiger partial charge in [-0.2, -0.15) is 0 Å². The molecule has 0 bridgehead atoms. The number of ketones is 1. The summed E-state index contributed by atoms with van der Waals surface area (Å²) in [6.07, 6.45) is 1.32. The van der Waals surface area contributed by atoms with E-state index in [9.17, 15) is 9.59 Å². The van der Waals surface area contributed by atoms with Gasteiger partial charge in [-0.15, -0.1) is 0 Å². The summed E-state index contributed by atoms with van der Waals surface area (Å²) < 4.78 is 1.95. The van der Waals surface area contributed by atoms with Crippen molar-refractivity contribution in [3.05, 3.63) is 99.8 Å². The molecule has 0 atom stereocenters. The van der Waals surface area contributed by atoms with Gasteiger partial charge in [-0.25, -0.2) is 4.98 Å². The van der Waals surface area contributed by atoms with Gasteiger partial charge in [0.05, 0.1) is 17.6 Å². The zero-order valence-corrected chi connectivity index (χ0v) is 18.7. The van der Waals surface area contributed by atoms with Crippen molar-refractivity contribution >= 4 is 45.9 Å². The van der Waals surface area contributed by atoms with Crippen LogP contribution >= 0.6 is 23.2 Å². The summed E-state index contributed by atoms with van der Waals surface area (Å²) in [4.78, 5) is 29.9. The first-order chi connectivity index (χ1) is 15.5. The molecule has 0 aliphatic heterocycles. The first-order valence-electron chi connectivity index (χ1n) is 10.3. The van der Waals surface area contributed by atoms with E-state index in [0.29, 0.717) is 40.6 Å². The molecule has 1 heterocycles. The van der Waals surface area contributed by atoms with Crippen molar-refractivity contribution in [2.75, 3.05) is 6.54 Å². The highest BCUT2D eigenvalue weighted by molar-refractivity contribution is 6.31. The molecule has 4 rings (SSSR count). The SMILES string of the molecule is O=C(Cn1c(CCCNC(=O)c2ccc(Cl)cc2)nc2ccccc21)c1ccc(Cl)cc1. The van der Waals surface area contributed by atoms with Gasteiger partial charge in [0.15, 0.2) is 5.78 Å². The lowest BCUT2D eigenvalue weighted by atomic mass is 10.1. The van der Waals surface area contributed by atoms with E-state index in [1.165, 1.54) is 0 Å². The van der Waals surface area contributed by atoms with Gasteiger partial charge in [0, 0.05) is 34.1 Å². The average Bonchev–Trinajstić information content (AvgIpc) is 3.14. The van der Waals surface area contributed by atoms with E-state index in [1.54, 1.807) is 48.5 Å². The maximum Gasteiger partial charge on any atom is 0.251 e. The van der Waals surface area contributed by atoms with Crippen LogP contribution in [0.25, 0.3) is 11.0 Å². The van der Waals surface area contributed by atoms with E-state index in [1.807, 2.05) is 28.8 Å². The molecule has 0 aliphatic carbocycles. The van der Waals surface area contributed by atoms with Crippen LogP contribution < -0.4 is 5.32 Å². The molecule has 1 N–H and O–H groups in total. The van der Waals surface area contributed by atoms with Crippen molar-refractivity contribution in [2.24, 2.45) is 0 Å². The van der Waals surface area contributed by atoms with Gasteiger partial charge in [-0.3, -0.25) is 9.59 Å². The molecule has 0 spiro atoms. The van der Waals surface area contributed by atoms with Crippen LogP contribution in [-0.4, -0.2) is 27.8 Å². The minimum Gasteiger partial charge on any atom is -0.352 e. The Morgan fingerprint density at radius 3 is 2.16 bits per heavy atom. The Labute approximate surface area is 196 Å². The molecule has 7 heteroatoms. The normalized spacial score (nSPS) is 10.9. The van der Waals surface area contributed by atoms with E-state index >= 15 is 0 Å². The molecule has 0 fully saturated rings. The number of carbonyl (C=O) groups is 2. The van der Waals surface area contributed by atoms with Crippen LogP contribution in [0.2, 0.25) is 10.0 Å². The zero-order valence-electron chi connectivity index (χ0n) is 17.2. The number of hydrogen-bond acceptors (Lipinski definition) is 3. The molecule has 3 aromatic carbocycles. The van der Waals surface area contributed by atoms with Crippen LogP contribution in [0.15, 0.2) is 72.8 Å². The van der Waals surface area contributed by atoms with Crippen molar-refractivity contribution in [1.29, 1.82) is 0 Å². The van der Waals surface area contributed by atoms with Gasteiger partial charge < -0.3 is 9.88 Å². The molecule has 32 heavy (non-hydrogen) atoms. The number of benzene rings is 3. The van der Waals surface area contributed by atoms with Gasteiger partial charge in [0.2, 0.25) is 0 Å². The van der Waals surface area contributed by atoms with Gasteiger partial charge in [-0.05, 0) is 67.1 Å². The Balaban J connectivity index is 1.44. The number of imidazole rings is 1. The minimum absolute atomic E-state index is 0.0119. The molecule has 4 aromatic rings. The third-order valence-electron chi connectivity index (χ3n) is 5.17. The predicted molar refractivity (Wildman–Crippen MR) is 128 cm³/mol. The maximum atomic E-state index is 12.9. The zero-order chi connectivity index (χ0) is 22.5. The van der Waals surface area contributed by atoms with Crippen LogP contribution in [0, 0.1) is 0 Å². The number of para-hydroxylation sites is 2. The van der Waals surface area contributed by atoms with Gasteiger partial charge in [0.25, 0.3) is 5.91 Å². The fourth-order valence-electron chi connectivity index (χ4n) is 3.52. The third-order valence-corrected chi connectivity index (χ3v) is 5.67. The first kappa shape index (κ1) is 22.1. The molecule has 0 radical (unpaired) electrons. The maximum absolute atomic E-state index is 12.9. The fraction of sp³-hybridized carbons (Fsp3) is 0.160. The molecule has 0 unspecified atom stereocenters. The molecular weight excluding hydrogens is 445 g/mol. The Kier molecular flexibility index (Phi) is 6.88. The van der Waals surface area contributed by atoms with Crippen LogP contribution in [0.5, 0.6) is 0 Å². The van der Waals surface area contributed by atoms with Crippen molar-refractivity contribution < 1.29 is 9.59 Å². The third kappa shape index (κ3) is 5.18. The van der Waals surface area contributed by atoms with E-state index < -0.39 is 0 Å². The van der Waals surface area contributed by atoms with Gasteiger partial charge in [0.1, 0.15) is 5.82 Å². The second-order valence-corrected chi connectivity index (χ2v) is 8.27. The Bertz CT molecular complexity index is 1250. The molecule has 1 aromatic heterocycles. The standard InChI is InChI=1S/C25H21Cl2N3O2/c26-19-11-7-17(8-12-19)23(31)16-30-22-5-2-1-4-21(22)29-24(30)6-3-15-28-25(32)18-9-13-20(27)14-10-18/h1-2,4-5,7-14H,3,6,15-16H2,(H,28,32). The number of hydrogen-bond donors (Lipinski definition) is 1. The largest absolute Gasteiger partial charge is 0.352 e. The Morgan fingerprint density at radius 2 is 1.47 bits per heavy atom. The summed E-state index contributed by atoms with van der Waals surface area (Å²) in [6.45, 7) is 0.685. The Morgan fingerprint density at radius 1 is 0.844 bits per heavy atom. The van der Waals surface area contributed by atoms with Gasteiger partial charge >= 0.3 is 0 Å². The second-order valence-electron chi connectivity index (χ2n) is 7.40. The lowest BCUT2D eigenvalue weighted by Gasteiger charge is -2.10. The number of nitrogens with zero attached hydrogens (tertiary/aromatic N) is 2. The highest BCUT2D eigenvalue weighted by Gasteiger charge is 2.15. The lowest BCUT2D eigenvalue weighted by Crippen LogP contribution is -2.25. The summed E-state index contributed by atoms with van der Waals surface area (Å²) in [5.74, 6) is 0.657.